The molecule has 3 heterocycles. The Kier molecular flexibility index (Phi) is 6.35. The molecule has 0 N–H and O–H groups in total. The molecular weight excluding hydrogens is 639 g/mol. The first kappa shape index (κ1) is 30.3. The highest BCUT2D eigenvalue weighted by Gasteiger charge is 2.49. The van der Waals surface area contributed by atoms with Crippen molar-refractivity contribution in [2.45, 2.75) is 26.2 Å². The Bertz CT molecular complexity index is 2730. The van der Waals surface area contributed by atoms with Crippen molar-refractivity contribution in [3.05, 3.63) is 187 Å². The van der Waals surface area contributed by atoms with Crippen molar-refractivity contribution < 1.29 is 0 Å². The number of nitrogens with zero attached hydrogens (tertiary/aromatic N) is 2. The van der Waals surface area contributed by atoms with E-state index in [9.17, 15) is 0 Å². The first-order valence-corrected chi connectivity index (χ1v) is 18.7. The number of aryl methyl sites for hydroxylation is 1. The lowest BCUT2D eigenvalue weighted by atomic mass is 9.42. The Morgan fingerprint density at radius 3 is 1.83 bits per heavy atom. The largest absolute Gasteiger partial charge is 0.376 e. The molecule has 250 valence electrons. The zero-order valence-electron chi connectivity index (χ0n) is 30.1. The monoisotopic (exact) mass is 676 g/mol. The Labute approximate surface area is 311 Å². The minimum absolute atomic E-state index is 0.0332. The lowest BCUT2D eigenvalue weighted by Gasteiger charge is -2.50. The second-order valence-electron chi connectivity index (χ2n) is 15.5. The fourth-order valence-electron chi connectivity index (χ4n) is 9.55. The van der Waals surface area contributed by atoms with Crippen LogP contribution in [0.3, 0.4) is 0 Å². The smallest absolute Gasteiger partial charge is 0.333 e. The zero-order valence-corrected chi connectivity index (χ0v) is 30.1. The maximum atomic E-state index is 2.64. The van der Waals surface area contributed by atoms with Gasteiger partial charge in [-0.3, -0.25) is 0 Å². The number of benzene rings is 8. The van der Waals surface area contributed by atoms with Crippen molar-refractivity contribution in [2.75, 3.05) is 9.71 Å². The Morgan fingerprint density at radius 2 is 1.11 bits per heavy atom. The molecule has 0 atom stereocenters. The second kappa shape index (κ2) is 11.1. The van der Waals surface area contributed by atoms with Crippen LogP contribution >= 0.6 is 0 Å². The number of hydrogen-bond acceptors (Lipinski definition) is 2. The lowest BCUT2D eigenvalue weighted by Crippen LogP contribution is -2.62. The summed E-state index contributed by atoms with van der Waals surface area (Å²) in [5.41, 5.74) is 20.3. The molecule has 0 saturated carbocycles. The molecule has 3 aliphatic rings. The minimum Gasteiger partial charge on any atom is -0.376 e. The highest BCUT2D eigenvalue weighted by Crippen LogP contribution is 2.55. The van der Waals surface area contributed by atoms with Gasteiger partial charge >= 0.3 is 6.85 Å². The molecule has 3 aliphatic heterocycles. The summed E-state index contributed by atoms with van der Waals surface area (Å²) in [6.45, 7) is 7.05. The number of rotatable bonds is 3. The van der Waals surface area contributed by atoms with Gasteiger partial charge in [0.2, 0.25) is 0 Å². The average Bonchev–Trinajstić information content (AvgIpc) is 3.20. The van der Waals surface area contributed by atoms with Crippen LogP contribution in [0, 0.1) is 6.92 Å². The van der Waals surface area contributed by atoms with E-state index < -0.39 is 0 Å². The number of para-hydroxylation sites is 2. The first-order valence-electron chi connectivity index (χ1n) is 18.7. The molecule has 0 amide bonds. The SMILES string of the molecule is Cc1cc2c3c(c1)N1c4cc5ccccc5cc4C(C)(C)c4cccc(c41)B3N(c1cc(-c3ccccc3)cc(-c3ccccc3)c1)c1ccccc1-2. The summed E-state index contributed by atoms with van der Waals surface area (Å²) in [6.07, 6.45) is 0. The molecule has 0 aliphatic carbocycles. The van der Waals surface area contributed by atoms with Gasteiger partial charge in [0.1, 0.15) is 0 Å². The molecule has 53 heavy (non-hydrogen) atoms. The van der Waals surface area contributed by atoms with Crippen molar-refractivity contribution in [3.8, 4) is 33.4 Å². The van der Waals surface area contributed by atoms with E-state index in [4.69, 9.17) is 0 Å². The Hall–Kier alpha value is -6.32. The van der Waals surface area contributed by atoms with Crippen LogP contribution < -0.4 is 20.6 Å². The molecule has 8 aromatic rings. The van der Waals surface area contributed by atoms with E-state index >= 15 is 0 Å². The highest BCUT2D eigenvalue weighted by molar-refractivity contribution is 6.93. The summed E-state index contributed by atoms with van der Waals surface area (Å²) < 4.78 is 0. The van der Waals surface area contributed by atoms with Crippen LogP contribution in [-0.4, -0.2) is 6.85 Å². The molecule has 0 saturated heterocycles. The highest BCUT2D eigenvalue weighted by atomic mass is 15.2. The molecule has 0 fully saturated rings. The van der Waals surface area contributed by atoms with E-state index in [-0.39, 0.29) is 12.3 Å². The van der Waals surface area contributed by atoms with Gasteiger partial charge in [-0.05, 0) is 116 Å². The average molecular weight is 677 g/mol. The maximum Gasteiger partial charge on any atom is 0.333 e. The van der Waals surface area contributed by atoms with E-state index in [0.29, 0.717) is 0 Å². The number of hydrogen-bond donors (Lipinski definition) is 0. The van der Waals surface area contributed by atoms with Gasteiger partial charge in [-0.2, -0.15) is 0 Å². The summed E-state index contributed by atoms with van der Waals surface area (Å²) in [5.74, 6) is 0. The van der Waals surface area contributed by atoms with Gasteiger partial charge in [0, 0.05) is 33.7 Å². The standard InChI is InChI=1S/C50H37BN2/c1-32-25-41-40-21-12-13-24-45(40)53(39-28-37(33-15-6-4-7-16-33)27-38(29-39)34-17-8-5-9-18-34)51-44-23-14-22-42-49(44)52(47(26-32)48(41)51)46-31-36-20-11-10-19-35(36)30-43(46)50(42,2)3/h4-31H,1-3H3. The fourth-order valence-corrected chi connectivity index (χ4v) is 9.55. The van der Waals surface area contributed by atoms with Gasteiger partial charge in [0.05, 0.1) is 5.69 Å². The predicted molar refractivity (Wildman–Crippen MR) is 225 cm³/mol. The third-order valence-corrected chi connectivity index (χ3v) is 12.0. The van der Waals surface area contributed by atoms with Crippen LogP contribution in [0.2, 0.25) is 0 Å². The molecule has 3 heteroatoms. The lowest BCUT2D eigenvalue weighted by molar-refractivity contribution is 0.633. The molecule has 0 spiro atoms. The zero-order chi connectivity index (χ0) is 35.4. The van der Waals surface area contributed by atoms with Crippen molar-refractivity contribution in [1.29, 1.82) is 0 Å². The van der Waals surface area contributed by atoms with Crippen LogP contribution in [0.5, 0.6) is 0 Å². The van der Waals surface area contributed by atoms with Crippen LogP contribution in [0.1, 0.15) is 30.5 Å². The van der Waals surface area contributed by atoms with E-state index in [1.54, 1.807) is 0 Å². The summed E-state index contributed by atoms with van der Waals surface area (Å²) in [4.78, 5) is 5.26. The van der Waals surface area contributed by atoms with Crippen molar-refractivity contribution in [2.24, 2.45) is 0 Å². The Balaban J connectivity index is 1.24. The first-order chi connectivity index (χ1) is 26.0. The third kappa shape index (κ3) is 4.34. The molecular formula is C50H37BN2. The molecule has 0 unspecified atom stereocenters. The summed E-state index contributed by atoms with van der Waals surface area (Å²) in [5, 5.41) is 2.55. The van der Waals surface area contributed by atoms with Crippen LogP contribution in [-0.2, 0) is 5.41 Å². The quantitative estimate of drug-likeness (QED) is 0.172. The third-order valence-electron chi connectivity index (χ3n) is 12.0. The van der Waals surface area contributed by atoms with E-state index in [0.717, 1.165) is 0 Å². The van der Waals surface area contributed by atoms with Gasteiger partial charge in [-0.15, -0.1) is 0 Å². The summed E-state index contributed by atoms with van der Waals surface area (Å²) >= 11 is 0. The van der Waals surface area contributed by atoms with Crippen molar-refractivity contribution in [3.63, 3.8) is 0 Å². The van der Waals surface area contributed by atoms with Crippen molar-refractivity contribution in [1.82, 2.24) is 0 Å². The van der Waals surface area contributed by atoms with Gasteiger partial charge in [0.25, 0.3) is 0 Å². The van der Waals surface area contributed by atoms with Gasteiger partial charge in [-0.1, -0.05) is 141 Å². The fraction of sp³-hybridized carbons (Fsp3) is 0.0800. The topological polar surface area (TPSA) is 6.48 Å². The molecule has 8 aromatic carbocycles. The summed E-state index contributed by atoms with van der Waals surface area (Å²) in [6, 6.07) is 63.5. The van der Waals surface area contributed by atoms with Crippen LogP contribution in [0.4, 0.5) is 28.4 Å². The van der Waals surface area contributed by atoms with Gasteiger partial charge in [-0.25, -0.2) is 0 Å². The Morgan fingerprint density at radius 1 is 0.472 bits per heavy atom. The normalized spacial score (nSPS) is 14.4. The van der Waals surface area contributed by atoms with Crippen LogP contribution in [0.15, 0.2) is 170 Å². The molecule has 2 nitrogen and oxygen atoms in total. The molecule has 11 rings (SSSR count). The van der Waals surface area contributed by atoms with E-state index in [1.165, 1.54) is 100 Å². The molecule has 0 bridgehead atoms. The van der Waals surface area contributed by atoms with E-state index in [1.807, 2.05) is 0 Å². The second-order valence-corrected chi connectivity index (χ2v) is 15.5. The van der Waals surface area contributed by atoms with E-state index in [2.05, 4.69) is 200 Å². The summed E-state index contributed by atoms with van der Waals surface area (Å²) in [7, 11) is 0. The van der Waals surface area contributed by atoms with Gasteiger partial charge in [0.15, 0.2) is 0 Å². The molecule has 0 aromatic heterocycles. The van der Waals surface area contributed by atoms with Gasteiger partial charge < -0.3 is 9.71 Å². The number of anilines is 5. The maximum absolute atomic E-state index is 2.64. The minimum atomic E-state index is -0.198. The predicted octanol–water partition coefficient (Wildman–Crippen LogP) is 11.8. The van der Waals surface area contributed by atoms with Crippen LogP contribution in [0.25, 0.3) is 44.2 Å². The van der Waals surface area contributed by atoms with Crippen molar-refractivity contribution >= 4 is 57.0 Å². The molecule has 0 radical (unpaired) electrons. The number of fused-ring (bicyclic) bond motifs is 7.